The van der Waals surface area contributed by atoms with Gasteiger partial charge in [-0.3, -0.25) is 0 Å². The first-order valence-corrected chi connectivity index (χ1v) is 7.90. The van der Waals surface area contributed by atoms with Crippen LogP contribution in [0, 0.1) is 0 Å². The molecule has 0 saturated carbocycles. The van der Waals surface area contributed by atoms with Crippen molar-refractivity contribution in [3.8, 4) is 0 Å². The average Bonchev–Trinajstić information content (AvgIpc) is 2.89. The van der Waals surface area contributed by atoms with E-state index in [4.69, 9.17) is 0 Å². The molecule has 0 radical (unpaired) electrons. The molecule has 2 aromatic heterocycles. The highest BCUT2D eigenvalue weighted by Crippen LogP contribution is 2.18. The lowest BCUT2D eigenvalue weighted by Crippen LogP contribution is -2.26. The van der Waals surface area contributed by atoms with Crippen LogP contribution in [-0.2, 0) is 6.42 Å². The van der Waals surface area contributed by atoms with Crippen molar-refractivity contribution in [2.75, 3.05) is 17.2 Å². The van der Waals surface area contributed by atoms with E-state index in [2.05, 4.69) is 70.8 Å². The lowest BCUT2D eigenvalue weighted by atomic mass is 10.1. The highest BCUT2D eigenvalue weighted by molar-refractivity contribution is 5.83. The monoisotopic (exact) mass is 309 g/mol. The molecule has 5 nitrogen and oxygen atoms in total. The van der Waals surface area contributed by atoms with Crippen molar-refractivity contribution in [3.63, 3.8) is 0 Å². The summed E-state index contributed by atoms with van der Waals surface area (Å²) in [6, 6.07) is 10.3. The number of rotatable bonds is 5. The zero-order valence-electron chi connectivity index (χ0n) is 13.9. The number of nitrogens with zero attached hydrogens (tertiary/aromatic N) is 2. The molecule has 0 amide bonds. The second-order valence-corrected chi connectivity index (χ2v) is 6.70. The summed E-state index contributed by atoms with van der Waals surface area (Å²) in [4.78, 5) is 11.8. The Morgan fingerprint density at radius 1 is 1.09 bits per heavy atom. The van der Waals surface area contributed by atoms with Gasteiger partial charge >= 0.3 is 0 Å². The third-order valence-electron chi connectivity index (χ3n) is 3.55. The van der Waals surface area contributed by atoms with Crippen molar-refractivity contribution in [1.82, 2.24) is 15.0 Å². The number of hydrogen-bond donors (Lipinski definition) is 3. The van der Waals surface area contributed by atoms with Crippen molar-refractivity contribution in [3.05, 3.63) is 48.4 Å². The molecule has 2 heterocycles. The summed E-state index contributed by atoms with van der Waals surface area (Å²) in [5, 5.41) is 8.01. The Bertz CT molecular complexity index is 785. The topological polar surface area (TPSA) is 65.6 Å². The molecule has 0 spiro atoms. The van der Waals surface area contributed by atoms with Gasteiger partial charge in [-0.25, -0.2) is 9.97 Å². The number of hydrogen-bond acceptors (Lipinski definition) is 4. The van der Waals surface area contributed by atoms with Crippen molar-refractivity contribution in [2.45, 2.75) is 32.7 Å². The molecule has 0 atom stereocenters. The molecule has 0 saturated heterocycles. The van der Waals surface area contributed by atoms with Gasteiger partial charge in [-0.2, -0.15) is 0 Å². The van der Waals surface area contributed by atoms with Crippen molar-refractivity contribution < 1.29 is 0 Å². The SMILES string of the molecule is CC(C)(C)Nc1cc(NCCc2c[nH]c3ccccc23)ncn1. The van der Waals surface area contributed by atoms with Gasteiger partial charge in [0.1, 0.15) is 18.0 Å². The number of nitrogens with one attached hydrogen (secondary N) is 3. The molecule has 5 heteroatoms. The molecule has 0 fully saturated rings. The molecule has 0 bridgehead atoms. The highest BCUT2D eigenvalue weighted by Gasteiger charge is 2.10. The molecule has 3 N–H and O–H groups in total. The van der Waals surface area contributed by atoms with Gasteiger partial charge in [-0.15, -0.1) is 0 Å². The smallest absolute Gasteiger partial charge is 0.131 e. The fraction of sp³-hybridized carbons (Fsp3) is 0.333. The Balaban J connectivity index is 1.61. The van der Waals surface area contributed by atoms with E-state index in [1.807, 2.05) is 12.1 Å². The number of benzene rings is 1. The first kappa shape index (κ1) is 15.3. The van der Waals surface area contributed by atoms with Crippen LogP contribution in [0.1, 0.15) is 26.3 Å². The first-order valence-electron chi connectivity index (χ1n) is 7.90. The summed E-state index contributed by atoms with van der Waals surface area (Å²) >= 11 is 0. The Morgan fingerprint density at radius 2 is 1.87 bits per heavy atom. The van der Waals surface area contributed by atoms with Gasteiger partial charge in [-0.05, 0) is 38.8 Å². The summed E-state index contributed by atoms with van der Waals surface area (Å²) in [6.07, 6.45) is 4.61. The van der Waals surface area contributed by atoms with Gasteiger partial charge in [0, 0.05) is 35.2 Å². The molecular formula is C18H23N5. The van der Waals surface area contributed by atoms with Crippen LogP contribution in [0.15, 0.2) is 42.9 Å². The number of anilines is 2. The van der Waals surface area contributed by atoms with E-state index in [0.717, 1.165) is 24.6 Å². The highest BCUT2D eigenvalue weighted by atomic mass is 15.1. The number of aromatic nitrogens is 3. The lowest BCUT2D eigenvalue weighted by Gasteiger charge is -2.21. The van der Waals surface area contributed by atoms with E-state index in [0.29, 0.717) is 0 Å². The summed E-state index contributed by atoms with van der Waals surface area (Å²) in [5.74, 6) is 1.67. The largest absolute Gasteiger partial charge is 0.370 e. The molecule has 3 rings (SSSR count). The minimum absolute atomic E-state index is 0.0182. The standard InChI is InChI=1S/C18H23N5/c1-18(2,3)23-17-10-16(21-12-22-17)19-9-8-13-11-20-15-7-5-4-6-14(13)15/h4-7,10-12,20H,8-9H2,1-3H3,(H2,19,21,22,23). The van der Waals surface area contributed by atoms with Gasteiger partial charge in [0.05, 0.1) is 0 Å². The second-order valence-electron chi connectivity index (χ2n) is 6.70. The zero-order chi connectivity index (χ0) is 16.3. The Hall–Kier alpha value is -2.56. The van der Waals surface area contributed by atoms with Crippen molar-refractivity contribution in [1.29, 1.82) is 0 Å². The molecule has 23 heavy (non-hydrogen) atoms. The molecule has 3 aromatic rings. The van der Waals surface area contributed by atoms with Gasteiger partial charge < -0.3 is 15.6 Å². The maximum absolute atomic E-state index is 4.28. The maximum Gasteiger partial charge on any atom is 0.131 e. The van der Waals surface area contributed by atoms with Crippen LogP contribution in [0.2, 0.25) is 0 Å². The normalized spacial score (nSPS) is 11.6. The van der Waals surface area contributed by atoms with Crippen LogP contribution in [0.3, 0.4) is 0 Å². The van der Waals surface area contributed by atoms with E-state index < -0.39 is 0 Å². The number of aromatic amines is 1. The van der Waals surface area contributed by atoms with Crippen molar-refractivity contribution >= 4 is 22.5 Å². The van der Waals surface area contributed by atoms with Gasteiger partial charge in [0.25, 0.3) is 0 Å². The Labute approximate surface area is 136 Å². The third kappa shape index (κ3) is 4.00. The van der Waals surface area contributed by atoms with Crippen LogP contribution in [0.5, 0.6) is 0 Å². The summed E-state index contributed by atoms with van der Waals surface area (Å²) < 4.78 is 0. The Kier molecular flexibility index (Phi) is 4.19. The van der Waals surface area contributed by atoms with Gasteiger partial charge in [0.2, 0.25) is 0 Å². The molecule has 0 aliphatic carbocycles. The first-order chi connectivity index (χ1) is 11.0. The molecule has 1 aromatic carbocycles. The van der Waals surface area contributed by atoms with Crippen LogP contribution >= 0.6 is 0 Å². The number of para-hydroxylation sites is 1. The van der Waals surface area contributed by atoms with Crippen LogP contribution in [0.25, 0.3) is 10.9 Å². The van der Waals surface area contributed by atoms with Crippen LogP contribution < -0.4 is 10.6 Å². The molecule has 0 unspecified atom stereocenters. The summed E-state index contributed by atoms with van der Waals surface area (Å²) in [7, 11) is 0. The van der Waals surface area contributed by atoms with Crippen LogP contribution in [0.4, 0.5) is 11.6 Å². The summed E-state index contributed by atoms with van der Waals surface area (Å²) in [5.41, 5.74) is 2.48. The number of H-pyrrole nitrogens is 1. The van der Waals surface area contributed by atoms with Crippen LogP contribution in [-0.4, -0.2) is 27.0 Å². The quantitative estimate of drug-likeness (QED) is 0.670. The predicted molar refractivity (Wildman–Crippen MR) is 95.9 cm³/mol. The lowest BCUT2D eigenvalue weighted by molar-refractivity contribution is 0.630. The molecule has 120 valence electrons. The fourth-order valence-corrected chi connectivity index (χ4v) is 2.57. The maximum atomic E-state index is 4.28. The Morgan fingerprint density at radius 3 is 2.70 bits per heavy atom. The van der Waals surface area contributed by atoms with E-state index in [9.17, 15) is 0 Å². The van der Waals surface area contributed by atoms with Crippen molar-refractivity contribution in [2.24, 2.45) is 0 Å². The van der Waals surface area contributed by atoms with E-state index in [1.165, 1.54) is 16.5 Å². The zero-order valence-corrected chi connectivity index (χ0v) is 13.9. The summed E-state index contributed by atoms with van der Waals surface area (Å²) in [6.45, 7) is 7.16. The molecule has 0 aliphatic heterocycles. The number of fused-ring (bicyclic) bond motifs is 1. The fourth-order valence-electron chi connectivity index (χ4n) is 2.57. The molecule has 0 aliphatic rings. The second kappa shape index (κ2) is 6.28. The van der Waals surface area contributed by atoms with Gasteiger partial charge in [-0.1, -0.05) is 18.2 Å². The van der Waals surface area contributed by atoms with E-state index >= 15 is 0 Å². The third-order valence-corrected chi connectivity index (χ3v) is 3.55. The predicted octanol–water partition coefficient (Wildman–Crippen LogP) is 3.82. The minimum atomic E-state index is -0.0182. The van der Waals surface area contributed by atoms with Gasteiger partial charge in [0.15, 0.2) is 0 Å². The van der Waals surface area contributed by atoms with E-state index in [1.54, 1.807) is 6.33 Å². The van der Waals surface area contributed by atoms with E-state index in [-0.39, 0.29) is 5.54 Å². The molecular weight excluding hydrogens is 286 g/mol. The average molecular weight is 309 g/mol. The minimum Gasteiger partial charge on any atom is -0.370 e.